The first kappa shape index (κ1) is 13.5. The van der Waals surface area contributed by atoms with Crippen molar-refractivity contribution in [1.82, 2.24) is 0 Å². The summed E-state index contributed by atoms with van der Waals surface area (Å²) >= 11 is 0. The Labute approximate surface area is 115 Å². The number of nitriles is 1. The van der Waals surface area contributed by atoms with Gasteiger partial charge in [0, 0.05) is 5.56 Å². The molecule has 0 aromatic heterocycles. The molecule has 0 aliphatic rings. The molecule has 0 spiro atoms. The van der Waals surface area contributed by atoms with Crippen molar-refractivity contribution in [2.45, 2.75) is 0 Å². The predicted molar refractivity (Wildman–Crippen MR) is 72.6 cm³/mol. The van der Waals surface area contributed by atoms with Gasteiger partial charge >= 0.3 is 0 Å². The molecule has 98 valence electrons. The molecular formula is C16H10FNO2. The van der Waals surface area contributed by atoms with Crippen LogP contribution in [0.3, 0.4) is 0 Å². The van der Waals surface area contributed by atoms with E-state index in [1.54, 1.807) is 30.3 Å². The smallest absolute Gasteiger partial charge is 0.185 e. The Morgan fingerprint density at radius 2 is 2.05 bits per heavy atom. The Bertz CT molecular complexity index is 729. The topological polar surface area (TPSA) is 61.1 Å². The molecule has 0 saturated heterocycles. The first-order valence-electron chi connectivity index (χ1n) is 5.81. The lowest BCUT2D eigenvalue weighted by atomic mass is 10.1. The average molecular weight is 267 g/mol. The SMILES string of the molecule is N#Cc1cccc(/C=C/C(=O)c2ccc(O)c(F)c2)c1. The molecule has 0 atom stereocenters. The van der Waals surface area contributed by atoms with Gasteiger partial charge in [-0.25, -0.2) is 4.39 Å². The van der Waals surface area contributed by atoms with E-state index in [1.807, 2.05) is 6.07 Å². The second kappa shape index (κ2) is 5.81. The van der Waals surface area contributed by atoms with Crippen LogP contribution in [0, 0.1) is 17.1 Å². The van der Waals surface area contributed by atoms with E-state index >= 15 is 0 Å². The molecule has 0 unspecified atom stereocenters. The molecule has 2 aromatic rings. The first-order valence-corrected chi connectivity index (χ1v) is 5.81. The van der Waals surface area contributed by atoms with Gasteiger partial charge in [0.25, 0.3) is 0 Å². The number of rotatable bonds is 3. The lowest BCUT2D eigenvalue weighted by molar-refractivity contribution is 0.104. The Hall–Kier alpha value is -2.93. The summed E-state index contributed by atoms with van der Waals surface area (Å²) in [5, 5.41) is 17.8. The minimum absolute atomic E-state index is 0.146. The summed E-state index contributed by atoms with van der Waals surface area (Å²) in [5.74, 6) is -1.71. The normalized spacial score (nSPS) is 10.4. The Morgan fingerprint density at radius 1 is 1.25 bits per heavy atom. The van der Waals surface area contributed by atoms with Crippen LogP contribution in [0.4, 0.5) is 4.39 Å². The van der Waals surface area contributed by atoms with Crippen LogP contribution in [0.5, 0.6) is 5.75 Å². The maximum absolute atomic E-state index is 13.1. The molecule has 3 nitrogen and oxygen atoms in total. The van der Waals surface area contributed by atoms with Crippen molar-refractivity contribution >= 4 is 11.9 Å². The largest absolute Gasteiger partial charge is 0.505 e. The lowest BCUT2D eigenvalue weighted by Crippen LogP contribution is -1.95. The molecule has 0 aliphatic carbocycles. The second-order valence-corrected chi connectivity index (χ2v) is 4.10. The zero-order chi connectivity index (χ0) is 14.5. The Kier molecular flexibility index (Phi) is 3.92. The molecule has 0 heterocycles. The number of benzene rings is 2. The van der Waals surface area contributed by atoms with E-state index in [2.05, 4.69) is 0 Å². The van der Waals surface area contributed by atoms with Gasteiger partial charge in [-0.05, 0) is 42.0 Å². The first-order chi connectivity index (χ1) is 9.60. The zero-order valence-electron chi connectivity index (χ0n) is 10.4. The quantitative estimate of drug-likeness (QED) is 0.685. The highest BCUT2D eigenvalue weighted by atomic mass is 19.1. The number of hydrogen-bond donors (Lipinski definition) is 1. The van der Waals surface area contributed by atoms with Crippen LogP contribution in [-0.2, 0) is 0 Å². The molecule has 20 heavy (non-hydrogen) atoms. The fourth-order valence-electron chi connectivity index (χ4n) is 1.64. The van der Waals surface area contributed by atoms with Crippen molar-refractivity contribution in [1.29, 1.82) is 5.26 Å². The van der Waals surface area contributed by atoms with Crippen LogP contribution < -0.4 is 0 Å². The predicted octanol–water partition coefficient (Wildman–Crippen LogP) is 3.30. The van der Waals surface area contributed by atoms with Crippen LogP contribution in [0.1, 0.15) is 21.5 Å². The summed E-state index contributed by atoms with van der Waals surface area (Å²) in [4.78, 5) is 11.8. The molecule has 4 heteroatoms. The maximum atomic E-state index is 13.1. The third-order valence-corrected chi connectivity index (χ3v) is 2.68. The standard InChI is InChI=1S/C16H10FNO2/c17-14-9-13(5-7-16(14)20)15(19)6-4-11-2-1-3-12(8-11)10-18/h1-9,20H/b6-4+. The van der Waals surface area contributed by atoms with Crippen molar-refractivity contribution in [2.24, 2.45) is 0 Å². The number of nitrogens with zero attached hydrogens (tertiary/aromatic N) is 1. The fourth-order valence-corrected chi connectivity index (χ4v) is 1.64. The molecule has 2 aromatic carbocycles. The number of hydrogen-bond acceptors (Lipinski definition) is 3. The maximum Gasteiger partial charge on any atom is 0.185 e. The number of phenols is 1. The second-order valence-electron chi connectivity index (χ2n) is 4.10. The number of aromatic hydroxyl groups is 1. The van der Waals surface area contributed by atoms with Crippen molar-refractivity contribution in [3.8, 4) is 11.8 Å². The molecule has 0 saturated carbocycles. The summed E-state index contributed by atoms with van der Waals surface area (Å²) in [6.07, 6.45) is 2.84. The van der Waals surface area contributed by atoms with E-state index in [0.717, 1.165) is 12.1 Å². The number of carbonyl (C=O) groups is 1. The zero-order valence-corrected chi connectivity index (χ0v) is 10.4. The summed E-state index contributed by atoms with van der Waals surface area (Å²) in [7, 11) is 0. The molecule has 1 N–H and O–H groups in total. The Morgan fingerprint density at radius 3 is 2.75 bits per heavy atom. The highest BCUT2D eigenvalue weighted by molar-refractivity contribution is 6.06. The van der Waals surface area contributed by atoms with E-state index in [0.29, 0.717) is 11.1 Å². The van der Waals surface area contributed by atoms with Crippen LogP contribution >= 0.6 is 0 Å². The third kappa shape index (κ3) is 3.09. The minimum Gasteiger partial charge on any atom is -0.505 e. The van der Waals surface area contributed by atoms with Gasteiger partial charge in [-0.3, -0.25) is 4.79 Å². The van der Waals surface area contributed by atoms with Gasteiger partial charge in [-0.2, -0.15) is 5.26 Å². The van der Waals surface area contributed by atoms with E-state index in [-0.39, 0.29) is 11.3 Å². The average Bonchev–Trinajstić information content (AvgIpc) is 2.47. The van der Waals surface area contributed by atoms with Crippen LogP contribution in [0.15, 0.2) is 48.5 Å². The van der Waals surface area contributed by atoms with E-state index in [9.17, 15) is 9.18 Å². The van der Waals surface area contributed by atoms with Crippen molar-refractivity contribution < 1.29 is 14.3 Å². The number of halogens is 1. The van der Waals surface area contributed by atoms with E-state index < -0.39 is 11.6 Å². The van der Waals surface area contributed by atoms with Crippen LogP contribution in [0.25, 0.3) is 6.08 Å². The highest BCUT2D eigenvalue weighted by Crippen LogP contribution is 2.17. The summed E-state index contributed by atoms with van der Waals surface area (Å²) in [5.41, 5.74) is 1.35. The van der Waals surface area contributed by atoms with Gasteiger partial charge in [-0.15, -0.1) is 0 Å². The van der Waals surface area contributed by atoms with Crippen molar-refractivity contribution in [3.05, 3.63) is 71.0 Å². The summed E-state index contributed by atoms with van der Waals surface area (Å²) in [6.45, 7) is 0. The van der Waals surface area contributed by atoms with E-state index in [1.165, 1.54) is 12.1 Å². The van der Waals surface area contributed by atoms with Crippen molar-refractivity contribution in [3.63, 3.8) is 0 Å². The summed E-state index contributed by atoms with van der Waals surface area (Å²) < 4.78 is 13.1. The van der Waals surface area contributed by atoms with Crippen LogP contribution in [0.2, 0.25) is 0 Å². The number of allylic oxidation sites excluding steroid dienone is 1. The molecule has 0 radical (unpaired) electrons. The fraction of sp³-hybridized carbons (Fsp3) is 0. The van der Waals surface area contributed by atoms with Gasteiger partial charge in [0.2, 0.25) is 0 Å². The molecular weight excluding hydrogens is 257 g/mol. The molecule has 0 bridgehead atoms. The third-order valence-electron chi connectivity index (χ3n) is 2.68. The monoisotopic (exact) mass is 267 g/mol. The molecule has 0 fully saturated rings. The molecule has 2 rings (SSSR count). The lowest BCUT2D eigenvalue weighted by Gasteiger charge is -1.98. The van der Waals surface area contributed by atoms with Gasteiger partial charge in [0.05, 0.1) is 11.6 Å². The van der Waals surface area contributed by atoms with Crippen molar-refractivity contribution in [2.75, 3.05) is 0 Å². The van der Waals surface area contributed by atoms with Gasteiger partial charge < -0.3 is 5.11 Å². The van der Waals surface area contributed by atoms with E-state index in [4.69, 9.17) is 10.4 Å². The van der Waals surface area contributed by atoms with Crippen LogP contribution in [-0.4, -0.2) is 10.9 Å². The Balaban J connectivity index is 2.20. The van der Waals surface area contributed by atoms with Gasteiger partial charge in [0.1, 0.15) is 0 Å². The minimum atomic E-state index is -0.837. The molecule has 0 amide bonds. The number of ketones is 1. The molecule has 0 aliphatic heterocycles. The number of carbonyl (C=O) groups excluding carboxylic acids is 1. The number of phenolic OH excluding ortho intramolecular Hbond substituents is 1. The highest BCUT2D eigenvalue weighted by Gasteiger charge is 2.06. The van der Waals surface area contributed by atoms with Gasteiger partial charge in [-0.1, -0.05) is 18.2 Å². The van der Waals surface area contributed by atoms with Gasteiger partial charge in [0.15, 0.2) is 17.3 Å². The summed E-state index contributed by atoms with van der Waals surface area (Å²) in [6, 6.07) is 12.2.